The fraction of sp³-hybridized carbons (Fsp3) is 0.143. The van der Waals surface area contributed by atoms with Crippen LogP contribution in [0.2, 0.25) is 0 Å². The first kappa shape index (κ1) is 59.0. The first-order valence-corrected chi connectivity index (χ1v) is 28.1. The summed E-state index contributed by atoms with van der Waals surface area (Å²) in [5.74, 6) is 1.26. The van der Waals surface area contributed by atoms with Crippen LogP contribution in [0.4, 0.5) is 0 Å². The Morgan fingerprint density at radius 2 is 0.746 bits per heavy atom. The minimum absolute atomic E-state index is 0.0757. The Balaban J connectivity index is 0.000000239. The van der Waals surface area contributed by atoms with Gasteiger partial charge in [-0.15, -0.1) is 0 Å². The van der Waals surface area contributed by atoms with E-state index in [0.717, 1.165) is 22.0 Å². The summed E-state index contributed by atoms with van der Waals surface area (Å²) in [4.78, 5) is 45.7. The van der Waals surface area contributed by atoms with Crippen molar-refractivity contribution in [1.29, 1.82) is 0 Å². The van der Waals surface area contributed by atoms with Gasteiger partial charge in [0.1, 0.15) is 23.0 Å². The molecule has 0 saturated carbocycles. The zero-order chi connectivity index (χ0) is 52.5. The van der Waals surface area contributed by atoms with Gasteiger partial charge in [-0.3, -0.25) is 4.57 Å². The summed E-state index contributed by atoms with van der Waals surface area (Å²) in [6.45, 7) is 16.0. The molecule has 2 aliphatic rings. The molecule has 0 bridgehead atoms. The van der Waals surface area contributed by atoms with E-state index >= 15 is 0 Å². The maximum atomic E-state index is 11.8. The van der Waals surface area contributed by atoms with Crippen molar-refractivity contribution in [1.82, 2.24) is 0 Å². The minimum atomic E-state index is -3.96. The number of aromatic hydroxyl groups is 2. The van der Waals surface area contributed by atoms with Gasteiger partial charge in [-0.1, -0.05) is 204 Å². The number of hydrogen-bond donors (Lipinski definition) is 2. The monoisotopic (exact) mass is 1030 g/mol. The predicted molar refractivity (Wildman–Crippen MR) is 286 cm³/mol. The van der Waals surface area contributed by atoms with Crippen molar-refractivity contribution in [2.24, 2.45) is 0 Å². The largest absolute Gasteiger partial charge is 0.795 e. The number of phenols is 2. The van der Waals surface area contributed by atoms with Crippen molar-refractivity contribution in [2.45, 2.75) is 55.4 Å². The number of hydrogen-bond acceptors (Lipinski definition) is 11. The van der Waals surface area contributed by atoms with Gasteiger partial charge >= 0.3 is 16.1 Å². The average Bonchev–Trinajstić information content (AvgIpc) is 3.42. The first-order chi connectivity index (χ1) is 34.4. The summed E-state index contributed by atoms with van der Waals surface area (Å²) in [7, 11) is -11.0. The van der Waals surface area contributed by atoms with E-state index < -0.39 is 32.0 Å². The predicted octanol–water partition coefficient (Wildman–Crippen LogP) is 11.6. The summed E-state index contributed by atoms with van der Waals surface area (Å²) >= 11 is 0. The van der Waals surface area contributed by atoms with Crippen molar-refractivity contribution in [2.75, 3.05) is 0 Å². The SMILES string of the molecule is CC.CC.CC.CC.O=P1([O-])Oc2ccccc2-c2ccccc21.O=[P+]([O-])c1ccccc1-c1ccccc1O.O=[P+]([O-])c1ccccc1-c1ccccc1O.[O-]P1Oc2ccccc2-c2ccccc21. The lowest BCUT2D eigenvalue weighted by molar-refractivity contribution is -0.186. The molecule has 4 atom stereocenters. The van der Waals surface area contributed by atoms with E-state index in [1.165, 1.54) is 24.3 Å². The third-order valence-corrected chi connectivity index (χ3v) is 13.8. The number of para-hydroxylation sites is 4. The lowest BCUT2D eigenvalue weighted by Gasteiger charge is -2.32. The molecule has 8 aromatic carbocycles. The highest BCUT2D eigenvalue weighted by Gasteiger charge is 2.26. The van der Waals surface area contributed by atoms with E-state index in [-0.39, 0.29) is 27.4 Å². The van der Waals surface area contributed by atoms with Crippen LogP contribution in [0.5, 0.6) is 23.0 Å². The maximum Gasteiger partial charge on any atom is 0.349 e. The summed E-state index contributed by atoms with van der Waals surface area (Å²) in [6.07, 6.45) is 0. The van der Waals surface area contributed by atoms with Crippen LogP contribution in [0.1, 0.15) is 55.4 Å². The van der Waals surface area contributed by atoms with Crippen LogP contribution >= 0.6 is 32.0 Å². The van der Waals surface area contributed by atoms with Gasteiger partial charge in [-0.25, -0.2) is 0 Å². The second-order valence-electron chi connectivity index (χ2n) is 13.5. The van der Waals surface area contributed by atoms with Crippen LogP contribution in [0.15, 0.2) is 194 Å². The minimum Gasteiger partial charge on any atom is -0.795 e. The molecule has 8 aromatic rings. The molecule has 15 heteroatoms. The smallest absolute Gasteiger partial charge is 0.349 e. The maximum absolute atomic E-state index is 11.8. The van der Waals surface area contributed by atoms with Crippen molar-refractivity contribution < 1.29 is 52.5 Å². The average molecular weight is 1030 g/mol. The molecule has 0 saturated heterocycles. The van der Waals surface area contributed by atoms with E-state index in [1.807, 2.05) is 122 Å². The van der Waals surface area contributed by atoms with Gasteiger partial charge in [0.05, 0.1) is 0 Å². The zero-order valence-electron chi connectivity index (χ0n) is 40.8. The summed E-state index contributed by atoms with van der Waals surface area (Å²) in [5.41, 5.74) is 5.66. The van der Waals surface area contributed by atoms with Crippen molar-refractivity contribution in [3.05, 3.63) is 194 Å². The highest BCUT2D eigenvalue weighted by Crippen LogP contribution is 2.49. The van der Waals surface area contributed by atoms with Gasteiger partial charge in [0.25, 0.3) is 0 Å². The van der Waals surface area contributed by atoms with Gasteiger partial charge in [0, 0.05) is 52.4 Å². The normalized spacial score (nSPS) is 14.0. The van der Waals surface area contributed by atoms with Gasteiger partial charge in [0.2, 0.25) is 7.60 Å². The third kappa shape index (κ3) is 15.6. The molecule has 2 N–H and O–H groups in total. The van der Waals surface area contributed by atoms with E-state index in [1.54, 1.807) is 103 Å². The molecule has 0 amide bonds. The molecule has 11 nitrogen and oxygen atoms in total. The lowest BCUT2D eigenvalue weighted by Crippen LogP contribution is -2.24. The standard InChI is InChI=1S/3C12H9O3P.C12H8O2P.4C2H6/c13-16(14)12-8-4-2-6-10(12)9-5-1-3-7-11(9)15-16;2*13-11-7-3-1-5-9(11)10-6-2-4-8-12(10)16(14)15;13-15-12-8-4-2-6-10(12)9-5-1-3-7-11(9)14-15;4*1-2/h1-8H,(H,13,14);2*1-8,13H;1-8H;4*1-2H3/q;;;-1;;;;/p-1. The summed E-state index contributed by atoms with van der Waals surface area (Å²) in [5, 5.41) is 20.8. The summed E-state index contributed by atoms with van der Waals surface area (Å²) < 4.78 is 44.4. The number of phenolic OH excluding ortho intramolecular Hbond substituents is 2. The molecule has 0 aliphatic carbocycles. The van der Waals surface area contributed by atoms with Crippen molar-refractivity contribution >= 4 is 53.2 Å². The Labute approximate surface area is 420 Å². The highest BCUT2D eigenvalue weighted by molar-refractivity contribution is 7.60. The van der Waals surface area contributed by atoms with Crippen LogP contribution in [-0.4, -0.2) is 10.2 Å². The Kier molecular flexibility index (Phi) is 25.3. The van der Waals surface area contributed by atoms with Crippen LogP contribution in [0, 0.1) is 0 Å². The second kappa shape index (κ2) is 30.4. The summed E-state index contributed by atoms with van der Waals surface area (Å²) in [6, 6.07) is 55.9. The van der Waals surface area contributed by atoms with Crippen molar-refractivity contribution in [3.8, 4) is 67.5 Å². The van der Waals surface area contributed by atoms with E-state index in [2.05, 4.69) is 0 Å². The number of benzene rings is 8. The fourth-order valence-corrected chi connectivity index (χ4v) is 10.3. The molecule has 0 radical (unpaired) electrons. The van der Waals surface area contributed by atoms with Gasteiger partial charge < -0.3 is 38.8 Å². The molecular weight excluding hydrogens is 973 g/mol. The zero-order valence-corrected chi connectivity index (χ0v) is 44.4. The second-order valence-corrected chi connectivity index (χ2v) is 18.4. The van der Waals surface area contributed by atoms with E-state index in [4.69, 9.17) is 9.05 Å². The molecule has 4 unspecified atom stereocenters. The van der Waals surface area contributed by atoms with E-state index in [0.29, 0.717) is 39.3 Å². The highest BCUT2D eigenvalue weighted by atomic mass is 31.2. The Morgan fingerprint density at radius 3 is 1.20 bits per heavy atom. The van der Waals surface area contributed by atoms with Crippen LogP contribution in [0.25, 0.3) is 44.5 Å². The van der Waals surface area contributed by atoms with Crippen LogP contribution in [0.3, 0.4) is 0 Å². The van der Waals surface area contributed by atoms with Crippen LogP contribution in [-0.2, 0) is 13.7 Å². The Bertz CT molecular complexity index is 2870. The number of rotatable bonds is 4. The molecular formula is C56H58O11P4-2. The first-order valence-electron chi connectivity index (χ1n) is 23.0. The molecule has 2 aliphatic heterocycles. The molecule has 10 rings (SSSR count). The Hall–Kier alpha value is -6.34. The van der Waals surface area contributed by atoms with Gasteiger partial charge in [0.15, 0.2) is 10.6 Å². The molecule has 0 fully saturated rings. The lowest BCUT2D eigenvalue weighted by atomic mass is 10.0. The molecule has 0 spiro atoms. The van der Waals surface area contributed by atoms with Crippen LogP contribution < -0.4 is 49.8 Å². The molecule has 2 heterocycles. The molecule has 370 valence electrons. The Morgan fingerprint density at radius 1 is 0.423 bits per heavy atom. The fourth-order valence-electron chi connectivity index (χ4n) is 6.78. The third-order valence-electron chi connectivity index (χ3n) is 9.64. The van der Waals surface area contributed by atoms with Crippen molar-refractivity contribution in [3.63, 3.8) is 0 Å². The quantitative estimate of drug-likeness (QED) is 0.159. The topological polar surface area (TPSA) is 202 Å². The molecule has 71 heavy (non-hydrogen) atoms. The van der Waals surface area contributed by atoms with E-state index in [9.17, 15) is 43.5 Å². The van der Waals surface area contributed by atoms with Gasteiger partial charge in [-0.05, 0) is 65.7 Å². The van der Waals surface area contributed by atoms with Gasteiger partial charge in [-0.2, -0.15) is 0 Å². The molecule has 0 aromatic heterocycles. The number of fused-ring (bicyclic) bond motifs is 6.